The topological polar surface area (TPSA) is 105 Å². The maximum Gasteiger partial charge on any atom is 0.312 e. The lowest BCUT2D eigenvalue weighted by Gasteiger charge is -2.37. The molecule has 3 saturated heterocycles. The van der Waals surface area contributed by atoms with Gasteiger partial charge in [0.1, 0.15) is 17.6 Å². The predicted molar refractivity (Wildman–Crippen MR) is 134 cm³/mol. The third-order valence-corrected chi connectivity index (χ3v) is 8.50. The zero-order valence-electron chi connectivity index (χ0n) is 21.0. The smallest absolute Gasteiger partial charge is 0.312 e. The number of amides is 2. The van der Waals surface area contributed by atoms with Crippen molar-refractivity contribution in [3.63, 3.8) is 0 Å². The van der Waals surface area contributed by atoms with Crippen LogP contribution in [0.5, 0.6) is 0 Å². The van der Waals surface area contributed by atoms with Crippen LogP contribution in [0.2, 0.25) is 0 Å². The highest BCUT2D eigenvalue weighted by molar-refractivity contribution is 6.04. The first-order valence-corrected chi connectivity index (χ1v) is 12.9. The van der Waals surface area contributed by atoms with Crippen molar-refractivity contribution in [2.75, 3.05) is 18.5 Å². The Morgan fingerprint density at radius 2 is 1.92 bits per heavy atom. The molecule has 3 heterocycles. The molecule has 3 aliphatic heterocycles. The minimum Gasteiger partial charge on any atom is -0.466 e. The number of aliphatic hydroxyl groups is 1. The van der Waals surface area contributed by atoms with E-state index in [4.69, 9.17) is 9.47 Å². The van der Waals surface area contributed by atoms with E-state index in [1.54, 1.807) is 6.92 Å². The number of fused-ring (bicyclic) bond motifs is 2. The molecule has 8 nitrogen and oxygen atoms in total. The number of likely N-dealkylation sites (tertiary alicyclic amines) is 1. The zero-order valence-corrected chi connectivity index (χ0v) is 21.0. The quantitative estimate of drug-likeness (QED) is 0.546. The second-order valence-electron chi connectivity index (χ2n) is 10.1. The van der Waals surface area contributed by atoms with Gasteiger partial charge in [0.2, 0.25) is 11.8 Å². The van der Waals surface area contributed by atoms with E-state index in [1.165, 1.54) is 4.90 Å². The number of esters is 1. The van der Waals surface area contributed by atoms with Crippen LogP contribution in [-0.4, -0.2) is 64.3 Å². The summed E-state index contributed by atoms with van der Waals surface area (Å²) in [6.45, 7) is 5.47. The molecule has 0 radical (unpaired) electrons. The Bertz CT molecular complexity index is 1200. The van der Waals surface area contributed by atoms with Crippen LogP contribution in [0.15, 0.2) is 42.5 Å². The number of benzene rings is 2. The van der Waals surface area contributed by atoms with Crippen LogP contribution in [0.1, 0.15) is 46.5 Å². The van der Waals surface area contributed by atoms with Gasteiger partial charge in [-0.2, -0.15) is 0 Å². The summed E-state index contributed by atoms with van der Waals surface area (Å²) in [6, 6.07) is 12.0. The summed E-state index contributed by atoms with van der Waals surface area (Å²) >= 11 is 0. The van der Waals surface area contributed by atoms with Crippen LogP contribution in [0.3, 0.4) is 0 Å². The summed E-state index contributed by atoms with van der Waals surface area (Å²) < 4.78 is 12.1. The summed E-state index contributed by atoms with van der Waals surface area (Å²) in [5.41, 5.74) is -1.36. The maximum absolute atomic E-state index is 14.0. The van der Waals surface area contributed by atoms with Gasteiger partial charge in [0.25, 0.3) is 0 Å². The number of carbonyl (C=O) groups excluding carboxylic acids is 3. The Morgan fingerprint density at radius 1 is 1.17 bits per heavy atom. The fourth-order valence-corrected chi connectivity index (χ4v) is 6.83. The minimum absolute atomic E-state index is 0.201. The van der Waals surface area contributed by atoms with E-state index in [2.05, 4.69) is 5.32 Å². The molecule has 5 rings (SSSR count). The number of carbonyl (C=O) groups is 3. The predicted octanol–water partition coefficient (Wildman–Crippen LogP) is 3.27. The normalized spacial score (nSPS) is 31.5. The Hall–Kier alpha value is -2.97. The molecule has 3 aliphatic rings. The molecular formula is C28H34N2O6. The maximum atomic E-state index is 14.0. The summed E-state index contributed by atoms with van der Waals surface area (Å²) in [4.78, 5) is 42.6. The van der Waals surface area contributed by atoms with Crippen LogP contribution in [0.4, 0.5) is 5.69 Å². The molecule has 8 heteroatoms. The number of hydrogen-bond donors (Lipinski definition) is 2. The van der Waals surface area contributed by atoms with Gasteiger partial charge < -0.3 is 24.8 Å². The third kappa shape index (κ3) is 3.45. The van der Waals surface area contributed by atoms with Gasteiger partial charge in [0.15, 0.2) is 0 Å². The van der Waals surface area contributed by atoms with Crippen molar-refractivity contribution in [3.8, 4) is 0 Å². The standard InChI is InChI=1S/C28H34N2O6/c1-4-20(16-31)30-23(24(32)29-19-12-11-17-9-7-8-10-18(17)15-19)28-14-13-27(5-2,36-28)22(21(28)25(30)33)26(34)35-6-3/h7-12,15,20-23,31H,4-6,13-14,16H2,1-3H3,(H,29,32)/t20-,21-,22+,23?,27-,28?/m0/s1. The highest BCUT2D eigenvalue weighted by Crippen LogP contribution is 2.64. The van der Waals surface area contributed by atoms with Gasteiger partial charge in [-0.3, -0.25) is 14.4 Å². The zero-order chi connectivity index (χ0) is 25.7. The average Bonchev–Trinajstić information content (AvgIpc) is 3.49. The Balaban J connectivity index is 1.56. The van der Waals surface area contributed by atoms with Gasteiger partial charge in [-0.25, -0.2) is 0 Å². The van der Waals surface area contributed by atoms with Gasteiger partial charge in [-0.15, -0.1) is 0 Å². The molecule has 6 atom stereocenters. The Labute approximate surface area is 210 Å². The van der Waals surface area contributed by atoms with Crippen molar-refractivity contribution < 1.29 is 29.0 Å². The lowest BCUT2D eigenvalue weighted by Crippen LogP contribution is -2.56. The van der Waals surface area contributed by atoms with Crippen molar-refractivity contribution in [1.82, 2.24) is 4.90 Å². The SMILES string of the molecule is CCOC(=O)[C@H]1[C@H]2C(=O)N([C@@H](CC)CO)C(C(=O)Nc3ccc4ccccc4c3)C23CC[C@]1(CC)O3. The van der Waals surface area contributed by atoms with Crippen LogP contribution >= 0.6 is 0 Å². The van der Waals surface area contributed by atoms with Gasteiger partial charge >= 0.3 is 5.97 Å². The third-order valence-electron chi connectivity index (χ3n) is 8.50. The largest absolute Gasteiger partial charge is 0.466 e. The van der Waals surface area contributed by atoms with Crippen LogP contribution in [0.25, 0.3) is 10.8 Å². The van der Waals surface area contributed by atoms with E-state index in [-0.39, 0.29) is 25.0 Å². The summed E-state index contributed by atoms with van der Waals surface area (Å²) in [5, 5.41) is 15.2. The molecule has 0 aromatic heterocycles. The van der Waals surface area contributed by atoms with Crippen LogP contribution in [0, 0.1) is 11.8 Å². The molecule has 2 amide bonds. The van der Waals surface area contributed by atoms with Gasteiger partial charge in [0.05, 0.1) is 30.8 Å². The number of hydrogen-bond acceptors (Lipinski definition) is 6. The van der Waals surface area contributed by atoms with Crippen molar-refractivity contribution in [1.29, 1.82) is 0 Å². The average molecular weight is 495 g/mol. The van der Waals surface area contributed by atoms with E-state index in [0.717, 1.165) is 10.8 Å². The van der Waals surface area contributed by atoms with E-state index in [1.807, 2.05) is 56.3 Å². The summed E-state index contributed by atoms with van der Waals surface area (Å²) in [5.74, 6) is -2.74. The molecular weight excluding hydrogens is 460 g/mol. The fourth-order valence-electron chi connectivity index (χ4n) is 6.83. The first-order valence-electron chi connectivity index (χ1n) is 12.9. The summed E-state index contributed by atoms with van der Waals surface area (Å²) in [6.07, 6.45) is 2.06. The highest BCUT2D eigenvalue weighted by atomic mass is 16.6. The van der Waals surface area contributed by atoms with E-state index < -0.39 is 41.1 Å². The number of ether oxygens (including phenoxy) is 2. The number of nitrogens with zero attached hydrogens (tertiary/aromatic N) is 1. The van der Waals surface area contributed by atoms with Crippen LogP contribution < -0.4 is 5.32 Å². The molecule has 2 aromatic rings. The van der Waals surface area contributed by atoms with Gasteiger partial charge in [-0.1, -0.05) is 44.2 Å². The number of aliphatic hydroxyl groups excluding tert-OH is 1. The molecule has 1 spiro atoms. The Kier molecular flexibility index (Phi) is 6.29. The molecule has 2 bridgehead atoms. The first-order chi connectivity index (χ1) is 17.4. The Morgan fingerprint density at radius 3 is 2.58 bits per heavy atom. The van der Waals surface area contributed by atoms with E-state index in [9.17, 15) is 19.5 Å². The van der Waals surface area contributed by atoms with Crippen LogP contribution in [-0.2, 0) is 23.9 Å². The fraction of sp³-hybridized carbons (Fsp3) is 0.536. The lowest BCUT2D eigenvalue weighted by atomic mass is 9.65. The monoisotopic (exact) mass is 494 g/mol. The van der Waals surface area contributed by atoms with Crippen molar-refractivity contribution >= 4 is 34.2 Å². The van der Waals surface area contributed by atoms with Crippen molar-refractivity contribution in [3.05, 3.63) is 42.5 Å². The second-order valence-corrected chi connectivity index (χ2v) is 10.1. The number of anilines is 1. The summed E-state index contributed by atoms with van der Waals surface area (Å²) in [7, 11) is 0. The molecule has 2 aromatic carbocycles. The minimum atomic E-state index is -1.14. The highest BCUT2D eigenvalue weighted by Gasteiger charge is 2.79. The number of nitrogens with one attached hydrogen (secondary N) is 1. The molecule has 192 valence electrons. The van der Waals surface area contributed by atoms with Crippen molar-refractivity contribution in [2.24, 2.45) is 11.8 Å². The first kappa shape index (κ1) is 24.7. The lowest BCUT2D eigenvalue weighted by molar-refractivity contribution is -0.161. The van der Waals surface area contributed by atoms with E-state index >= 15 is 0 Å². The van der Waals surface area contributed by atoms with Crippen molar-refractivity contribution in [2.45, 2.75) is 69.7 Å². The molecule has 0 saturated carbocycles. The van der Waals surface area contributed by atoms with Gasteiger partial charge in [-0.05, 0) is 55.5 Å². The molecule has 2 unspecified atom stereocenters. The molecule has 36 heavy (non-hydrogen) atoms. The molecule has 2 N–H and O–H groups in total. The van der Waals surface area contributed by atoms with Gasteiger partial charge in [0, 0.05) is 5.69 Å². The van der Waals surface area contributed by atoms with E-state index in [0.29, 0.717) is 31.4 Å². The second kappa shape index (κ2) is 9.16. The number of rotatable bonds is 8. The molecule has 3 fully saturated rings. The molecule has 0 aliphatic carbocycles.